The van der Waals surface area contributed by atoms with E-state index in [2.05, 4.69) is 10.3 Å². The molecule has 26 heavy (non-hydrogen) atoms. The number of hydrogen-bond acceptors (Lipinski definition) is 3. The maximum absolute atomic E-state index is 14.1. The summed E-state index contributed by atoms with van der Waals surface area (Å²) in [6.07, 6.45) is 0. The van der Waals surface area contributed by atoms with E-state index in [-0.39, 0.29) is 17.2 Å². The Kier molecular flexibility index (Phi) is 4.14. The number of halogens is 2. The second-order valence-corrected chi connectivity index (χ2v) is 6.11. The number of rotatable bonds is 3. The van der Waals surface area contributed by atoms with E-state index in [1.807, 2.05) is 18.2 Å². The molecule has 0 bridgehead atoms. The van der Waals surface area contributed by atoms with Gasteiger partial charge in [0.2, 0.25) is 5.95 Å². The zero-order chi connectivity index (χ0) is 18.1. The second-order valence-electron chi connectivity index (χ2n) is 5.68. The zero-order valence-corrected chi connectivity index (χ0v) is 14.2. The Balaban J connectivity index is 2.00. The first-order valence-corrected chi connectivity index (χ1v) is 8.30. The lowest BCUT2D eigenvalue weighted by atomic mass is 10.2. The van der Waals surface area contributed by atoms with E-state index < -0.39 is 5.82 Å². The molecule has 0 aliphatic heterocycles. The lowest BCUT2D eigenvalue weighted by molar-refractivity contribution is 0.631. The number of para-hydroxylation sites is 2. The molecule has 0 aliphatic carbocycles. The van der Waals surface area contributed by atoms with Crippen LogP contribution in [0.1, 0.15) is 0 Å². The van der Waals surface area contributed by atoms with Crippen LogP contribution in [0.2, 0.25) is 5.02 Å². The first-order valence-electron chi connectivity index (χ1n) is 7.93. The molecule has 0 saturated heterocycles. The van der Waals surface area contributed by atoms with Crippen molar-refractivity contribution in [1.82, 2.24) is 9.55 Å². The van der Waals surface area contributed by atoms with Gasteiger partial charge in [-0.05, 0) is 42.5 Å². The zero-order valence-electron chi connectivity index (χ0n) is 13.5. The number of benzene rings is 3. The number of hydrogen-bond donors (Lipinski definition) is 1. The fourth-order valence-corrected chi connectivity index (χ4v) is 2.91. The van der Waals surface area contributed by atoms with Crippen LogP contribution in [0.3, 0.4) is 0 Å². The third-order valence-corrected chi connectivity index (χ3v) is 4.20. The topological polar surface area (TPSA) is 46.9 Å². The summed E-state index contributed by atoms with van der Waals surface area (Å²) in [5.41, 5.74) is 1.04. The van der Waals surface area contributed by atoms with Gasteiger partial charge in [-0.15, -0.1) is 0 Å². The van der Waals surface area contributed by atoms with Gasteiger partial charge in [-0.1, -0.05) is 41.9 Å². The molecular weight excluding hydrogens is 353 g/mol. The van der Waals surface area contributed by atoms with Gasteiger partial charge in [0.15, 0.2) is 0 Å². The molecule has 1 aromatic heterocycles. The second kappa shape index (κ2) is 6.61. The monoisotopic (exact) mass is 365 g/mol. The van der Waals surface area contributed by atoms with Crippen molar-refractivity contribution in [2.45, 2.75) is 0 Å². The summed E-state index contributed by atoms with van der Waals surface area (Å²) in [7, 11) is 0. The first-order chi connectivity index (χ1) is 12.6. The van der Waals surface area contributed by atoms with Crippen LogP contribution in [0, 0.1) is 5.82 Å². The molecule has 0 unspecified atom stereocenters. The molecule has 4 aromatic rings. The highest BCUT2D eigenvalue weighted by atomic mass is 35.5. The molecule has 1 N–H and O–H groups in total. The average Bonchev–Trinajstić information content (AvgIpc) is 2.65. The molecule has 3 aromatic carbocycles. The number of anilines is 2. The summed E-state index contributed by atoms with van der Waals surface area (Å²) in [6.45, 7) is 0. The minimum absolute atomic E-state index is 0.223. The van der Waals surface area contributed by atoms with E-state index >= 15 is 0 Å². The highest BCUT2D eigenvalue weighted by Crippen LogP contribution is 2.23. The predicted octanol–water partition coefficient (Wildman–Crippen LogP) is 4.92. The molecule has 128 valence electrons. The van der Waals surface area contributed by atoms with E-state index in [0.717, 1.165) is 0 Å². The maximum Gasteiger partial charge on any atom is 0.267 e. The van der Waals surface area contributed by atoms with Crippen molar-refractivity contribution < 1.29 is 4.39 Å². The van der Waals surface area contributed by atoms with Gasteiger partial charge in [0.05, 0.1) is 22.3 Å². The average molecular weight is 366 g/mol. The molecule has 0 amide bonds. The van der Waals surface area contributed by atoms with Gasteiger partial charge in [0, 0.05) is 5.02 Å². The lowest BCUT2D eigenvalue weighted by Crippen LogP contribution is -2.23. The number of aromatic nitrogens is 2. The third-order valence-electron chi connectivity index (χ3n) is 3.96. The Morgan fingerprint density at radius 2 is 1.69 bits per heavy atom. The van der Waals surface area contributed by atoms with Crippen LogP contribution in [0.4, 0.5) is 16.0 Å². The van der Waals surface area contributed by atoms with E-state index in [1.165, 1.54) is 10.6 Å². The van der Waals surface area contributed by atoms with Crippen LogP contribution in [0.15, 0.2) is 77.6 Å². The highest BCUT2D eigenvalue weighted by Gasteiger charge is 2.14. The first kappa shape index (κ1) is 16.3. The van der Waals surface area contributed by atoms with Crippen molar-refractivity contribution in [3.8, 4) is 5.69 Å². The molecule has 0 fully saturated rings. The molecular formula is C20H13ClFN3O. The van der Waals surface area contributed by atoms with Crippen LogP contribution in [0.25, 0.3) is 16.6 Å². The summed E-state index contributed by atoms with van der Waals surface area (Å²) < 4.78 is 15.5. The SMILES string of the molecule is O=c1c2cc(Cl)ccc2nc(Nc2ccccc2F)n1-c1ccccc1. The van der Waals surface area contributed by atoms with Crippen molar-refractivity contribution in [3.05, 3.63) is 94.0 Å². The minimum Gasteiger partial charge on any atom is -0.323 e. The van der Waals surface area contributed by atoms with Gasteiger partial charge in [0.1, 0.15) is 5.82 Å². The fourth-order valence-electron chi connectivity index (χ4n) is 2.74. The van der Waals surface area contributed by atoms with Gasteiger partial charge < -0.3 is 5.32 Å². The van der Waals surface area contributed by atoms with Crippen molar-refractivity contribution in [2.75, 3.05) is 5.32 Å². The number of nitrogens with one attached hydrogen (secondary N) is 1. The van der Waals surface area contributed by atoms with Crippen molar-refractivity contribution in [1.29, 1.82) is 0 Å². The molecule has 4 rings (SSSR count). The van der Waals surface area contributed by atoms with E-state index in [1.54, 1.807) is 48.5 Å². The Morgan fingerprint density at radius 1 is 0.962 bits per heavy atom. The van der Waals surface area contributed by atoms with E-state index in [9.17, 15) is 9.18 Å². The van der Waals surface area contributed by atoms with Crippen molar-refractivity contribution >= 4 is 34.1 Å². The summed E-state index contributed by atoms with van der Waals surface area (Å²) >= 11 is 6.04. The van der Waals surface area contributed by atoms with E-state index in [4.69, 9.17) is 11.6 Å². The molecule has 0 radical (unpaired) electrons. The maximum atomic E-state index is 14.1. The predicted molar refractivity (Wildman–Crippen MR) is 102 cm³/mol. The van der Waals surface area contributed by atoms with Gasteiger partial charge in [-0.3, -0.25) is 4.79 Å². The smallest absolute Gasteiger partial charge is 0.267 e. The van der Waals surface area contributed by atoms with Crippen molar-refractivity contribution in [3.63, 3.8) is 0 Å². The van der Waals surface area contributed by atoms with Crippen molar-refractivity contribution in [2.24, 2.45) is 0 Å². The molecule has 4 nitrogen and oxygen atoms in total. The van der Waals surface area contributed by atoms with Gasteiger partial charge >= 0.3 is 0 Å². The standard InChI is InChI=1S/C20H13ClFN3O/c21-13-10-11-17-15(12-13)19(26)25(14-6-2-1-3-7-14)20(23-17)24-18-9-5-4-8-16(18)22/h1-12H,(H,23,24). The largest absolute Gasteiger partial charge is 0.323 e. The van der Waals surface area contributed by atoms with Crippen LogP contribution >= 0.6 is 11.6 Å². The van der Waals surface area contributed by atoms with Gasteiger partial charge in [-0.2, -0.15) is 0 Å². The molecule has 1 heterocycles. The number of fused-ring (bicyclic) bond motifs is 1. The minimum atomic E-state index is -0.433. The molecule has 0 atom stereocenters. The Labute approximate surface area is 153 Å². The molecule has 6 heteroatoms. The molecule has 0 spiro atoms. The Morgan fingerprint density at radius 3 is 2.46 bits per heavy atom. The number of nitrogens with zero attached hydrogens (tertiary/aromatic N) is 2. The van der Waals surface area contributed by atoms with Gasteiger partial charge in [0.25, 0.3) is 5.56 Å². The normalized spacial score (nSPS) is 10.8. The fraction of sp³-hybridized carbons (Fsp3) is 0. The van der Waals surface area contributed by atoms with Crippen LogP contribution in [-0.2, 0) is 0 Å². The van der Waals surface area contributed by atoms with Crippen LogP contribution in [0.5, 0.6) is 0 Å². The molecule has 0 saturated carbocycles. The highest BCUT2D eigenvalue weighted by molar-refractivity contribution is 6.31. The summed E-state index contributed by atoms with van der Waals surface area (Å²) in [4.78, 5) is 17.6. The van der Waals surface area contributed by atoms with E-state index in [0.29, 0.717) is 21.6 Å². The van der Waals surface area contributed by atoms with Crippen LogP contribution < -0.4 is 10.9 Å². The van der Waals surface area contributed by atoms with Gasteiger partial charge in [-0.25, -0.2) is 13.9 Å². The summed E-state index contributed by atoms with van der Waals surface area (Å²) in [6, 6.07) is 20.2. The molecule has 0 aliphatic rings. The Bertz CT molecular complexity index is 1160. The summed E-state index contributed by atoms with van der Waals surface area (Å²) in [5, 5.41) is 3.77. The quantitative estimate of drug-likeness (QED) is 0.560. The lowest BCUT2D eigenvalue weighted by Gasteiger charge is -2.15. The summed E-state index contributed by atoms with van der Waals surface area (Å²) in [5.74, 6) is -0.210. The third kappa shape index (κ3) is 2.93. The van der Waals surface area contributed by atoms with Crippen LogP contribution in [-0.4, -0.2) is 9.55 Å². The Hall–Kier alpha value is -3.18.